The largest absolute Gasteiger partial charge is 0.462 e. The number of rotatable bonds is 5. The van der Waals surface area contributed by atoms with Gasteiger partial charge in [-0.2, -0.15) is 0 Å². The zero-order valence-electron chi connectivity index (χ0n) is 12.1. The molecule has 0 atom stereocenters. The number of nitrogens with zero attached hydrogens (tertiary/aromatic N) is 1. The number of hydrogen-bond acceptors (Lipinski definition) is 4. The van der Waals surface area contributed by atoms with E-state index in [1.807, 2.05) is 0 Å². The summed E-state index contributed by atoms with van der Waals surface area (Å²) in [4.78, 5) is 11.9. The van der Waals surface area contributed by atoms with E-state index in [0.29, 0.717) is 30.0 Å². The van der Waals surface area contributed by atoms with Crippen molar-refractivity contribution in [2.24, 2.45) is 0 Å². The van der Waals surface area contributed by atoms with Gasteiger partial charge in [0.25, 0.3) is 0 Å². The first-order valence-electron chi connectivity index (χ1n) is 6.79. The van der Waals surface area contributed by atoms with Crippen molar-refractivity contribution in [2.45, 2.75) is 33.6 Å². The van der Waals surface area contributed by atoms with Crippen molar-refractivity contribution in [2.75, 3.05) is 6.61 Å². The highest BCUT2D eigenvalue weighted by Gasteiger charge is 2.21. The molecule has 0 saturated heterocycles. The maximum atomic E-state index is 11.9. The van der Waals surface area contributed by atoms with Crippen molar-refractivity contribution in [3.8, 4) is 0 Å². The molecule has 0 N–H and O–H groups in total. The second kappa shape index (κ2) is 6.37. The summed E-state index contributed by atoms with van der Waals surface area (Å²) in [5, 5.41) is 3.98. The predicted molar refractivity (Wildman–Crippen MR) is 75.8 cm³/mol. The summed E-state index contributed by atoms with van der Waals surface area (Å²) >= 11 is 0. The molecule has 106 valence electrons. The van der Waals surface area contributed by atoms with Crippen molar-refractivity contribution >= 4 is 5.97 Å². The van der Waals surface area contributed by atoms with Gasteiger partial charge >= 0.3 is 5.97 Å². The van der Waals surface area contributed by atoms with Crippen LogP contribution in [0, 0.1) is 13.8 Å². The Kier molecular flexibility index (Phi) is 4.56. The number of benzene rings is 1. The second-order valence-corrected chi connectivity index (χ2v) is 4.77. The summed E-state index contributed by atoms with van der Waals surface area (Å²) in [7, 11) is 0. The fraction of sp³-hybridized carbons (Fsp3) is 0.375. The summed E-state index contributed by atoms with van der Waals surface area (Å²) in [6.45, 7) is 5.92. The van der Waals surface area contributed by atoms with Crippen LogP contribution >= 0.6 is 0 Å². The van der Waals surface area contributed by atoms with Crippen LogP contribution < -0.4 is 0 Å². The second-order valence-electron chi connectivity index (χ2n) is 4.77. The number of aromatic nitrogens is 1. The molecule has 2 aromatic rings. The molecule has 0 aliphatic heterocycles. The van der Waals surface area contributed by atoms with Crippen LogP contribution in [0.3, 0.4) is 0 Å². The highest BCUT2D eigenvalue weighted by atomic mass is 16.5. The molecule has 0 spiro atoms. The molecule has 0 saturated carbocycles. The maximum absolute atomic E-state index is 11.9. The van der Waals surface area contributed by atoms with E-state index in [-0.39, 0.29) is 5.97 Å². The van der Waals surface area contributed by atoms with Gasteiger partial charge in [0.15, 0.2) is 0 Å². The molecule has 0 amide bonds. The number of carbonyl (C=O) groups is 1. The number of carbonyl (C=O) groups excluding carboxylic acids is 1. The van der Waals surface area contributed by atoms with Crippen LogP contribution in [0.15, 0.2) is 28.8 Å². The fourth-order valence-corrected chi connectivity index (χ4v) is 2.07. The number of ether oxygens (including phenoxy) is 1. The van der Waals surface area contributed by atoms with Gasteiger partial charge in [-0.25, -0.2) is 4.79 Å². The van der Waals surface area contributed by atoms with Gasteiger partial charge in [0.2, 0.25) is 0 Å². The van der Waals surface area contributed by atoms with Crippen molar-refractivity contribution < 1.29 is 14.1 Å². The molecule has 20 heavy (non-hydrogen) atoms. The lowest BCUT2D eigenvalue weighted by molar-refractivity contribution is 0.0523. The Morgan fingerprint density at radius 3 is 2.55 bits per heavy atom. The molecule has 4 nitrogen and oxygen atoms in total. The molecule has 0 radical (unpaired) electrons. The van der Waals surface area contributed by atoms with Crippen LogP contribution in [-0.4, -0.2) is 17.7 Å². The topological polar surface area (TPSA) is 52.3 Å². The van der Waals surface area contributed by atoms with E-state index in [9.17, 15) is 4.79 Å². The normalized spacial score (nSPS) is 10.6. The molecule has 0 unspecified atom stereocenters. The highest BCUT2D eigenvalue weighted by molar-refractivity contribution is 5.91. The molecule has 1 heterocycles. The maximum Gasteiger partial charge on any atom is 0.343 e. The first kappa shape index (κ1) is 14.3. The third kappa shape index (κ3) is 3.26. The zero-order chi connectivity index (χ0) is 14.5. The predicted octanol–water partition coefficient (Wildman–Crippen LogP) is 3.25. The Morgan fingerprint density at radius 2 is 1.90 bits per heavy atom. The van der Waals surface area contributed by atoms with Crippen LogP contribution in [0.1, 0.15) is 39.9 Å². The van der Waals surface area contributed by atoms with Gasteiger partial charge in [-0.05, 0) is 39.2 Å². The van der Waals surface area contributed by atoms with Crippen molar-refractivity contribution in [3.63, 3.8) is 0 Å². The first-order valence-corrected chi connectivity index (χ1v) is 6.79. The number of hydrogen-bond donors (Lipinski definition) is 0. The third-order valence-corrected chi connectivity index (χ3v) is 3.18. The number of esters is 1. The van der Waals surface area contributed by atoms with Crippen LogP contribution in [0.4, 0.5) is 0 Å². The van der Waals surface area contributed by atoms with Crippen LogP contribution in [0.5, 0.6) is 0 Å². The van der Waals surface area contributed by atoms with Gasteiger partial charge in [0.05, 0.1) is 12.3 Å². The molecule has 0 aliphatic rings. The molecular formula is C16H19NO3. The minimum absolute atomic E-state index is 0.348. The number of aryl methyl sites for hydroxylation is 4. The highest BCUT2D eigenvalue weighted by Crippen LogP contribution is 2.17. The van der Waals surface area contributed by atoms with E-state index in [4.69, 9.17) is 9.26 Å². The van der Waals surface area contributed by atoms with Gasteiger partial charge in [-0.15, -0.1) is 0 Å². The molecule has 0 aliphatic carbocycles. The third-order valence-electron chi connectivity index (χ3n) is 3.18. The molecule has 1 aromatic heterocycles. The van der Waals surface area contributed by atoms with E-state index in [1.165, 1.54) is 11.1 Å². The van der Waals surface area contributed by atoms with Gasteiger partial charge < -0.3 is 9.26 Å². The summed E-state index contributed by atoms with van der Waals surface area (Å²) in [5.74, 6) is 0.160. The standard InChI is InChI=1S/C16H19NO3/c1-4-19-16(18)15-12(3)20-17-14(15)10-9-13-7-5-11(2)6-8-13/h5-8H,4,9-10H2,1-3H3. The first-order chi connectivity index (χ1) is 9.61. The van der Waals surface area contributed by atoms with Gasteiger partial charge in [0, 0.05) is 0 Å². The van der Waals surface area contributed by atoms with E-state index < -0.39 is 0 Å². The lowest BCUT2D eigenvalue weighted by atomic mass is 10.0. The van der Waals surface area contributed by atoms with Crippen LogP contribution in [-0.2, 0) is 17.6 Å². The van der Waals surface area contributed by atoms with Crippen molar-refractivity contribution in [3.05, 3.63) is 52.4 Å². The van der Waals surface area contributed by atoms with Crippen LogP contribution in [0.2, 0.25) is 0 Å². The minimum atomic E-state index is -0.356. The van der Waals surface area contributed by atoms with Gasteiger partial charge in [-0.1, -0.05) is 35.0 Å². The Hall–Kier alpha value is -2.10. The zero-order valence-corrected chi connectivity index (χ0v) is 12.1. The molecule has 1 aromatic carbocycles. The minimum Gasteiger partial charge on any atom is -0.462 e. The molecule has 2 rings (SSSR count). The Balaban J connectivity index is 2.10. The van der Waals surface area contributed by atoms with Crippen molar-refractivity contribution in [1.29, 1.82) is 0 Å². The lowest BCUT2D eigenvalue weighted by Gasteiger charge is -2.03. The summed E-state index contributed by atoms with van der Waals surface area (Å²) in [5.41, 5.74) is 3.59. The van der Waals surface area contributed by atoms with E-state index >= 15 is 0 Å². The molecule has 0 bridgehead atoms. The summed E-state index contributed by atoms with van der Waals surface area (Å²) < 4.78 is 10.2. The summed E-state index contributed by atoms with van der Waals surface area (Å²) in [6, 6.07) is 8.34. The SMILES string of the molecule is CCOC(=O)c1c(CCc2ccc(C)cc2)noc1C. The lowest BCUT2D eigenvalue weighted by Crippen LogP contribution is -2.08. The quantitative estimate of drug-likeness (QED) is 0.785. The average molecular weight is 273 g/mol. The Bertz CT molecular complexity index is 584. The monoisotopic (exact) mass is 273 g/mol. The molecule has 4 heteroatoms. The van der Waals surface area contributed by atoms with E-state index in [2.05, 4.69) is 36.3 Å². The van der Waals surface area contributed by atoms with Gasteiger partial charge in [-0.3, -0.25) is 0 Å². The fourth-order valence-electron chi connectivity index (χ4n) is 2.07. The molecular weight excluding hydrogens is 254 g/mol. The van der Waals surface area contributed by atoms with E-state index in [0.717, 1.165) is 6.42 Å². The molecule has 0 fully saturated rings. The van der Waals surface area contributed by atoms with Crippen molar-refractivity contribution in [1.82, 2.24) is 5.16 Å². The Morgan fingerprint density at radius 1 is 1.20 bits per heavy atom. The van der Waals surface area contributed by atoms with Crippen LogP contribution in [0.25, 0.3) is 0 Å². The Labute approximate surface area is 118 Å². The smallest absolute Gasteiger partial charge is 0.343 e. The van der Waals surface area contributed by atoms with E-state index in [1.54, 1.807) is 13.8 Å². The summed E-state index contributed by atoms with van der Waals surface area (Å²) in [6.07, 6.45) is 1.48. The van der Waals surface area contributed by atoms with Gasteiger partial charge in [0.1, 0.15) is 11.3 Å². The average Bonchev–Trinajstić information content (AvgIpc) is 2.79.